The van der Waals surface area contributed by atoms with E-state index >= 15 is 0 Å². The lowest BCUT2D eigenvalue weighted by molar-refractivity contribution is 0.327. The Balaban J connectivity index is 1.37. The van der Waals surface area contributed by atoms with Crippen molar-refractivity contribution in [3.63, 3.8) is 0 Å². The van der Waals surface area contributed by atoms with E-state index in [1.165, 1.54) is 56.4 Å². The van der Waals surface area contributed by atoms with Gasteiger partial charge in [-0.1, -0.05) is 19.3 Å². The van der Waals surface area contributed by atoms with Crippen molar-refractivity contribution in [2.45, 2.75) is 64.3 Å². The van der Waals surface area contributed by atoms with Gasteiger partial charge < -0.3 is 5.32 Å². The fourth-order valence-corrected chi connectivity index (χ4v) is 4.14. The van der Waals surface area contributed by atoms with Crippen LogP contribution in [0.4, 0.5) is 0 Å². The van der Waals surface area contributed by atoms with Crippen LogP contribution in [-0.4, -0.2) is 12.6 Å². The molecule has 0 bridgehead atoms. The third-order valence-electron chi connectivity index (χ3n) is 5.55. The first-order chi connectivity index (χ1) is 7.84. The Labute approximate surface area is 100 Å². The summed E-state index contributed by atoms with van der Waals surface area (Å²) in [5.41, 5.74) is 0. The zero-order valence-electron chi connectivity index (χ0n) is 10.8. The van der Waals surface area contributed by atoms with Crippen molar-refractivity contribution < 1.29 is 0 Å². The molecule has 0 radical (unpaired) electrons. The van der Waals surface area contributed by atoms with Gasteiger partial charge in [-0.2, -0.15) is 0 Å². The molecule has 16 heavy (non-hydrogen) atoms. The Morgan fingerprint density at radius 2 is 1.75 bits per heavy atom. The standard InChI is InChI=1S/C15H27N/c1-11-3-2-4-12(9-10-16-11)5-6-13-14-7-8-15(13)14/h11-16H,2-10H2,1H3. The maximum atomic E-state index is 3.65. The van der Waals surface area contributed by atoms with Crippen molar-refractivity contribution in [1.29, 1.82) is 0 Å². The van der Waals surface area contributed by atoms with Crippen LogP contribution in [0, 0.1) is 23.7 Å². The lowest BCUT2D eigenvalue weighted by Crippen LogP contribution is -2.30. The average molecular weight is 221 g/mol. The lowest BCUT2D eigenvalue weighted by atomic mass is 9.90. The number of hydrogen-bond donors (Lipinski definition) is 1. The Hall–Kier alpha value is -0.0400. The van der Waals surface area contributed by atoms with Crippen LogP contribution >= 0.6 is 0 Å². The molecule has 2 saturated carbocycles. The van der Waals surface area contributed by atoms with Gasteiger partial charge in [-0.3, -0.25) is 0 Å². The molecule has 0 amide bonds. The van der Waals surface area contributed by atoms with E-state index in [1.807, 2.05) is 0 Å². The number of nitrogens with one attached hydrogen (secondary N) is 1. The van der Waals surface area contributed by atoms with Crippen LogP contribution in [0.25, 0.3) is 0 Å². The fraction of sp³-hybridized carbons (Fsp3) is 1.00. The molecule has 1 nitrogen and oxygen atoms in total. The Bertz CT molecular complexity index is 218. The van der Waals surface area contributed by atoms with Gasteiger partial charge in [-0.25, -0.2) is 0 Å². The van der Waals surface area contributed by atoms with E-state index in [0.717, 1.165) is 12.0 Å². The van der Waals surface area contributed by atoms with Crippen LogP contribution in [-0.2, 0) is 0 Å². The molecule has 3 rings (SSSR count). The highest BCUT2D eigenvalue weighted by Gasteiger charge is 2.55. The van der Waals surface area contributed by atoms with Gasteiger partial charge in [0.1, 0.15) is 0 Å². The SMILES string of the molecule is CC1CCCC(CCC2C3CCC23)CCN1. The zero-order chi connectivity index (χ0) is 11.0. The summed E-state index contributed by atoms with van der Waals surface area (Å²) >= 11 is 0. The first-order valence-electron chi connectivity index (χ1n) is 7.58. The molecule has 0 spiro atoms. The van der Waals surface area contributed by atoms with Crippen LogP contribution in [0.15, 0.2) is 0 Å². The van der Waals surface area contributed by atoms with E-state index in [4.69, 9.17) is 0 Å². The molecule has 1 heterocycles. The van der Waals surface area contributed by atoms with Crippen LogP contribution < -0.4 is 5.32 Å². The van der Waals surface area contributed by atoms with Gasteiger partial charge in [0.05, 0.1) is 0 Å². The minimum Gasteiger partial charge on any atom is -0.314 e. The summed E-state index contributed by atoms with van der Waals surface area (Å²) in [6.45, 7) is 3.60. The fourth-order valence-electron chi connectivity index (χ4n) is 4.14. The van der Waals surface area contributed by atoms with Gasteiger partial charge in [-0.05, 0) is 69.2 Å². The molecule has 1 aliphatic heterocycles. The predicted molar refractivity (Wildman–Crippen MR) is 68.4 cm³/mol. The number of rotatable bonds is 3. The summed E-state index contributed by atoms with van der Waals surface area (Å²) in [5, 5.41) is 3.65. The van der Waals surface area contributed by atoms with Gasteiger partial charge in [-0.15, -0.1) is 0 Å². The summed E-state index contributed by atoms with van der Waals surface area (Å²) in [5.74, 6) is 4.62. The monoisotopic (exact) mass is 221 g/mol. The number of hydrogen-bond acceptors (Lipinski definition) is 1. The third kappa shape index (κ3) is 2.30. The second-order valence-corrected chi connectivity index (χ2v) is 6.59. The van der Waals surface area contributed by atoms with E-state index in [-0.39, 0.29) is 0 Å². The van der Waals surface area contributed by atoms with Gasteiger partial charge >= 0.3 is 0 Å². The Morgan fingerprint density at radius 3 is 2.50 bits per heavy atom. The Kier molecular flexibility index (Phi) is 3.24. The number of fused-ring (bicyclic) bond motifs is 1. The van der Waals surface area contributed by atoms with E-state index in [1.54, 1.807) is 19.3 Å². The van der Waals surface area contributed by atoms with Crippen molar-refractivity contribution in [2.24, 2.45) is 23.7 Å². The van der Waals surface area contributed by atoms with Crippen molar-refractivity contribution in [3.05, 3.63) is 0 Å². The molecule has 3 fully saturated rings. The normalized spacial score (nSPS) is 47.4. The van der Waals surface area contributed by atoms with E-state index in [2.05, 4.69) is 12.2 Å². The molecule has 3 aliphatic rings. The molecule has 0 aromatic heterocycles. The molecule has 0 aromatic carbocycles. The second kappa shape index (κ2) is 4.68. The first-order valence-corrected chi connectivity index (χ1v) is 7.58. The molecule has 4 atom stereocenters. The highest BCUT2D eigenvalue weighted by atomic mass is 14.9. The molecule has 1 heteroatoms. The molecular formula is C15H27N. The van der Waals surface area contributed by atoms with Crippen molar-refractivity contribution in [1.82, 2.24) is 5.32 Å². The molecular weight excluding hydrogens is 194 g/mol. The Morgan fingerprint density at radius 1 is 0.938 bits per heavy atom. The van der Waals surface area contributed by atoms with Gasteiger partial charge in [0, 0.05) is 6.04 Å². The summed E-state index contributed by atoms with van der Waals surface area (Å²) < 4.78 is 0. The highest BCUT2D eigenvalue weighted by molar-refractivity contribution is 5.04. The topological polar surface area (TPSA) is 12.0 Å². The maximum absolute atomic E-state index is 3.65. The van der Waals surface area contributed by atoms with Gasteiger partial charge in [0.25, 0.3) is 0 Å². The minimum absolute atomic E-state index is 0.764. The van der Waals surface area contributed by atoms with Crippen LogP contribution in [0.3, 0.4) is 0 Å². The molecule has 4 unspecified atom stereocenters. The highest BCUT2D eigenvalue weighted by Crippen LogP contribution is 2.63. The van der Waals surface area contributed by atoms with Crippen LogP contribution in [0.5, 0.6) is 0 Å². The summed E-state index contributed by atoms with van der Waals surface area (Å²) in [4.78, 5) is 0. The van der Waals surface area contributed by atoms with E-state index < -0.39 is 0 Å². The second-order valence-electron chi connectivity index (χ2n) is 6.59. The average Bonchev–Trinajstić information content (AvgIpc) is 2.70. The van der Waals surface area contributed by atoms with Crippen LogP contribution in [0.2, 0.25) is 0 Å². The lowest BCUT2D eigenvalue weighted by Gasteiger charge is -2.23. The molecule has 1 N–H and O–H groups in total. The van der Waals surface area contributed by atoms with Crippen molar-refractivity contribution >= 4 is 0 Å². The predicted octanol–water partition coefficient (Wildman–Crippen LogP) is 3.59. The maximum Gasteiger partial charge on any atom is 0.00387 e. The largest absolute Gasteiger partial charge is 0.314 e. The third-order valence-corrected chi connectivity index (χ3v) is 5.55. The van der Waals surface area contributed by atoms with Crippen molar-refractivity contribution in [2.75, 3.05) is 6.54 Å². The summed E-state index contributed by atoms with van der Waals surface area (Å²) in [6.07, 6.45) is 12.0. The molecule has 2 aliphatic carbocycles. The van der Waals surface area contributed by atoms with E-state index in [9.17, 15) is 0 Å². The summed E-state index contributed by atoms with van der Waals surface area (Å²) in [6, 6.07) is 0.764. The van der Waals surface area contributed by atoms with Crippen molar-refractivity contribution in [3.8, 4) is 0 Å². The van der Waals surface area contributed by atoms with E-state index in [0.29, 0.717) is 0 Å². The van der Waals surface area contributed by atoms with Gasteiger partial charge in [0.2, 0.25) is 0 Å². The molecule has 92 valence electrons. The summed E-state index contributed by atoms with van der Waals surface area (Å²) in [7, 11) is 0. The zero-order valence-corrected chi connectivity index (χ0v) is 10.8. The van der Waals surface area contributed by atoms with Gasteiger partial charge in [0.15, 0.2) is 0 Å². The molecule has 1 saturated heterocycles. The quantitative estimate of drug-likeness (QED) is 0.768. The van der Waals surface area contributed by atoms with Crippen LogP contribution in [0.1, 0.15) is 58.3 Å². The smallest absolute Gasteiger partial charge is 0.00387 e. The first kappa shape index (κ1) is 11.1. The molecule has 0 aromatic rings. The minimum atomic E-state index is 0.764.